The number of benzene rings is 2. The van der Waals surface area contributed by atoms with E-state index in [1.165, 1.54) is 6.07 Å². The van der Waals surface area contributed by atoms with E-state index in [2.05, 4.69) is 0 Å². The van der Waals surface area contributed by atoms with Gasteiger partial charge in [-0.25, -0.2) is 0 Å². The summed E-state index contributed by atoms with van der Waals surface area (Å²) in [5.74, 6) is 0. The van der Waals surface area contributed by atoms with Gasteiger partial charge in [-0.1, -0.05) is 46.9 Å². The zero-order chi connectivity index (χ0) is 17.4. The standard InChI is InChI=1S/C9H11NO2.C8H9NO2.2CH4/c1-3-8-4-7(2)5-9(6-8)10(11)12;1-2-7-4-3-5-8(6-7)9(10)11;;/h4-6H,3H2,1-2H3;3-6H,2H2,1H3;2*1H4. The van der Waals surface area contributed by atoms with Crippen molar-refractivity contribution in [3.8, 4) is 0 Å². The van der Waals surface area contributed by atoms with E-state index in [0.717, 1.165) is 29.5 Å². The molecule has 0 aliphatic carbocycles. The number of aryl methyl sites for hydroxylation is 3. The Morgan fingerprint density at radius 3 is 1.80 bits per heavy atom. The summed E-state index contributed by atoms with van der Waals surface area (Å²) in [6, 6.07) is 11.8. The molecule has 0 aliphatic heterocycles. The number of nitro benzene ring substituents is 2. The molecule has 138 valence electrons. The fourth-order valence-electron chi connectivity index (χ4n) is 2.04. The van der Waals surface area contributed by atoms with Gasteiger partial charge in [0.05, 0.1) is 9.85 Å². The topological polar surface area (TPSA) is 86.3 Å². The van der Waals surface area contributed by atoms with Crippen LogP contribution in [-0.2, 0) is 12.8 Å². The smallest absolute Gasteiger partial charge is 0.258 e. The van der Waals surface area contributed by atoms with Crippen LogP contribution in [0.15, 0.2) is 42.5 Å². The Hall–Kier alpha value is -2.76. The van der Waals surface area contributed by atoms with Gasteiger partial charge in [0.1, 0.15) is 0 Å². The van der Waals surface area contributed by atoms with Crippen molar-refractivity contribution in [1.82, 2.24) is 0 Å². The number of non-ortho nitro benzene ring substituents is 2. The molecule has 6 heteroatoms. The van der Waals surface area contributed by atoms with Gasteiger partial charge in [0.25, 0.3) is 11.4 Å². The Balaban J connectivity index is 0. The molecule has 2 aromatic carbocycles. The number of hydrogen-bond donors (Lipinski definition) is 0. The predicted octanol–water partition coefficient (Wildman–Crippen LogP) is 5.90. The van der Waals surface area contributed by atoms with Gasteiger partial charge in [-0.15, -0.1) is 0 Å². The quantitative estimate of drug-likeness (QED) is 0.509. The third kappa shape index (κ3) is 8.06. The number of nitrogens with zero attached hydrogens (tertiary/aromatic N) is 2. The maximum absolute atomic E-state index is 10.4. The first-order valence-electron chi connectivity index (χ1n) is 7.35. The van der Waals surface area contributed by atoms with Gasteiger partial charge < -0.3 is 0 Å². The maximum Gasteiger partial charge on any atom is 0.269 e. The molecule has 0 atom stereocenters. The lowest BCUT2D eigenvalue weighted by Gasteiger charge is -1.98. The van der Waals surface area contributed by atoms with Gasteiger partial charge in [0.15, 0.2) is 0 Å². The summed E-state index contributed by atoms with van der Waals surface area (Å²) in [4.78, 5) is 20.0. The van der Waals surface area contributed by atoms with Crippen molar-refractivity contribution in [2.24, 2.45) is 0 Å². The summed E-state index contributed by atoms with van der Waals surface area (Å²) in [6.07, 6.45) is 1.67. The van der Waals surface area contributed by atoms with Gasteiger partial charge >= 0.3 is 0 Å². The molecule has 2 rings (SSSR count). The summed E-state index contributed by atoms with van der Waals surface area (Å²) in [5, 5.41) is 20.7. The first-order chi connectivity index (χ1) is 10.9. The van der Waals surface area contributed by atoms with Crippen molar-refractivity contribution in [2.45, 2.75) is 48.5 Å². The number of rotatable bonds is 4. The minimum Gasteiger partial charge on any atom is -0.258 e. The molecule has 0 aromatic heterocycles. The van der Waals surface area contributed by atoms with E-state index in [1.54, 1.807) is 24.3 Å². The highest BCUT2D eigenvalue weighted by Crippen LogP contribution is 2.16. The summed E-state index contributed by atoms with van der Waals surface area (Å²) >= 11 is 0. The van der Waals surface area contributed by atoms with Crippen molar-refractivity contribution in [1.29, 1.82) is 0 Å². The van der Waals surface area contributed by atoms with Crippen LogP contribution in [-0.4, -0.2) is 9.85 Å². The van der Waals surface area contributed by atoms with Crippen molar-refractivity contribution >= 4 is 11.4 Å². The van der Waals surface area contributed by atoms with Crippen LogP contribution in [0.25, 0.3) is 0 Å². The van der Waals surface area contributed by atoms with Gasteiger partial charge in [-0.2, -0.15) is 0 Å². The van der Waals surface area contributed by atoms with E-state index >= 15 is 0 Å². The molecule has 6 nitrogen and oxygen atoms in total. The molecular formula is C19H28N2O4. The van der Waals surface area contributed by atoms with E-state index in [1.807, 2.05) is 32.9 Å². The number of nitro groups is 2. The lowest BCUT2D eigenvalue weighted by molar-refractivity contribution is -0.385. The monoisotopic (exact) mass is 348 g/mol. The average Bonchev–Trinajstić information content (AvgIpc) is 2.54. The van der Waals surface area contributed by atoms with Crippen LogP contribution in [0.5, 0.6) is 0 Å². The summed E-state index contributed by atoms with van der Waals surface area (Å²) < 4.78 is 0. The Morgan fingerprint density at radius 1 is 0.800 bits per heavy atom. The molecule has 0 bridgehead atoms. The van der Waals surface area contributed by atoms with E-state index in [0.29, 0.717) is 0 Å². The minimum absolute atomic E-state index is 0. The highest BCUT2D eigenvalue weighted by molar-refractivity contribution is 5.38. The third-order valence-corrected chi connectivity index (χ3v) is 3.27. The zero-order valence-corrected chi connectivity index (χ0v) is 13.5. The summed E-state index contributed by atoms with van der Waals surface area (Å²) in [5.41, 5.74) is 3.32. The van der Waals surface area contributed by atoms with Crippen LogP contribution in [0.2, 0.25) is 0 Å². The van der Waals surface area contributed by atoms with E-state index in [-0.39, 0.29) is 36.1 Å². The fraction of sp³-hybridized carbons (Fsp3) is 0.368. The maximum atomic E-state index is 10.4. The predicted molar refractivity (Wildman–Crippen MR) is 103 cm³/mol. The molecular weight excluding hydrogens is 320 g/mol. The molecule has 0 unspecified atom stereocenters. The van der Waals surface area contributed by atoms with Crippen LogP contribution in [0, 0.1) is 27.2 Å². The van der Waals surface area contributed by atoms with Gasteiger partial charge in [-0.3, -0.25) is 20.2 Å². The molecule has 0 radical (unpaired) electrons. The molecule has 0 heterocycles. The Labute approximate surface area is 149 Å². The largest absolute Gasteiger partial charge is 0.269 e. The molecule has 0 amide bonds. The first kappa shape index (κ1) is 24.5. The van der Waals surface area contributed by atoms with E-state index in [4.69, 9.17) is 0 Å². The molecule has 0 N–H and O–H groups in total. The van der Waals surface area contributed by atoms with Crippen molar-refractivity contribution in [3.05, 3.63) is 79.4 Å². The van der Waals surface area contributed by atoms with Gasteiger partial charge in [-0.05, 0) is 36.5 Å². The molecule has 0 saturated carbocycles. The second-order valence-corrected chi connectivity index (χ2v) is 5.07. The fourth-order valence-corrected chi connectivity index (χ4v) is 2.04. The van der Waals surface area contributed by atoms with Crippen LogP contribution in [0.1, 0.15) is 45.4 Å². The summed E-state index contributed by atoms with van der Waals surface area (Å²) in [7, 11) is 0. The Kier molecular flexibility index (Phi) is 11.5. The second kappa shape index (κ2) is 11.7. The van der Waals surface area contributed by atoms with E-state index in [9.17, 15) is 20.2 Å². The molecule has 0 spiro atoms. The van der Waals surface area contributed by atoms with Crippen LogP contribution >= 0.6 is 0 Å². The Morgan fingerprint density at radius 2 is 1.32 bits per heavy atom. The SMILES string of the molecule is C.C.CCc1cc(C)cc([N+](=O)[O-])c1.CCc1cccc([N+](=O)[O-])c1. The summed E-state index contributed by atoms with van der Waals surface area (Å²) in [6.45, 7) is 5.82. The lowest BCUT2D eigenvalue weighted by atomic mass is 10.1. The van der Waals surface area contributed by atoms with Crippen molar-refractivity contribution < 1.29 is 9.85 Å². The Bertz CT molecular complexity index is 700. The molecule has 25 heavy (non-hydrogen) atoms. The minimum atomic E-state index is -0.376. The van der Waals surface area contributed by atoms with Crippen LogP contribution < -0.4 is 0 Å². The zero-order valence-electron chi connectivity index (χ0n) is 13.5. The van der Waals surface area contributed by atoms with E-state index < -0.39 is 0 Å². The second-order valence-electron chi connectivity index (χ2n) is 5.07. The lowest BCUT2D eigenvalue weighted by Crippen LogP contribution is -1.91. The number of hydrogen-bond acceptors (Lipinski definition) is 4. The van der Waals surface area contributed by atoms with Crippen LogP contribution in [0.3, 0.4) is 0 Å². The molecule has 2 aromatic rings. The van der Waals surface area contributed by atoms with Crippen LogP contribution in [0.4, 0.5) is 11.4 Å². The molecule has 0 fully saturated rings. The first-order valence-corrected chi connectivity index (χ1v) is 7.35. The third-order valence-electron chi connectivity index (χ3n) is 3.27. The normalized spacial score (nSPS) is 8.92. The van der Waals surface area contributed by atoms with Crippen molar-refractivity contribution in [3.63, 3.8) is 0 Å². The average molecular weight is 348 g/mol. The highest BCUT2D eigenvalue weighted by Gasteiger charge is 2.06. The molecule has 0 aliphatic rings. The van der Waals surface area contributed by atoms with Gasteiger partial charge in [0, 0.05) is 24.3 Å². The molecule has 0 saturated heterocycles. The van der Waals surface area contributed by atoms with Crippen molar-refractivity contribution in [2.75, 3.05) is 0 Å². The van der Waals surface area contributed by atoms with Gasteiger partial charge in [0.2, 0.25) is 0 Å². The highest BCUT2D eigenvalue weighted by atomic mass is 16.6.